The molecule has 0 amide bonds. The first-order chi connectivity index (χ1) is 19.7. The van der Waals surface area contributed by atoms with E-state index in [9.17, 15) is 5.11 Å². The van der Waals surface area contributed by atoms with E-state index in [0.717, 1.165) is 49.9 Å². The highest BCUT2D eigenvalue weighted by Gasteiger charge is 2.17. The monoisotopic (exact) mass is 525 g/mol. The van der Waals surface area contributed by atoms with Crippen molar-refractivity contribution in [3.8, 4) is 33.9 Å². The van der Waals surface area contributed by atoms with Crippen molar-refractivity contribution in [1.29, 1.82) is 0 Å². The molecule has 4 N–H and O–H groups in total. The smallest absolute Gasteiger partial charge is 0.159 e. The number of aliphatic hydroxyl groups is 1. The summed E-state index contributed by atoms with van der Waals surface area (Å²) in [6.45, 7) is 0. The highest BCUT2D eigenvalue weighted by atomic mass is 16.3. The van der Waals surface area contributed by atoms with E-state index in [4.69, 9.17) is 4.98 Å². The molecule has 6 heterocycles. The van der Waals surface area contributed by atoms with Crippen molar-refractivity contribution in [2.45, 2.75) is 12.6 Å². The van der Waals surface area contributed by atoms with Crippen LogP contribution in [0.4, 0.5) is 5.69 Å². The van der Waals surface area contributed by atoms with Gasteiger partial charge < -0.3 is 15.4 Å². The fraction of sp³-hybridized carbons (Fsp3) is 0.0667. The van der Waals surface area contributed by atoms with Gasteiger partial charge >= 0.3 is 0 Å². The van der Waals surface area contributed by atoms with Gasteiger partial charge in [-0.1, -0.05) is 36.4 Å². The molecule has 7 rings (SSSR count). The molecule has 0 saturated carbocycles. The highest BCUT2D eigenvalue weighted by Crippen LogP contribution is 2.32. The number of aromatic nitrogens is 8. The Kier molecular flexibility index (Phi) is 5.91. The van der Waals surface area contributed by atoms with Gasteiger partial charge in [0.05, 0.1) is 41.0 Å². The highest BCUT2D eigenvalue weighted by molar-refractivity contribution is 5.97. The van der Waals surface area contributed by atoms with Gasteiger partial charge in [0.25, 0.3) is 0 Å². The standard InChI is InChI=1S/C30H23N9O/c40-27(9-18-5-2-1-3-6-18)35-21-10-20(13-32-14-21)24-11-22-25(17-34-24)38-39-29(22)30-36-26-16-33-15-23(28(26)37-30)19-7-4-8-31-12-19/h1-8,10-17,27,35,40H,9H2,(H,36,37)(H,38,39). The molecule has 0 aliphatic rings. The van der Waals surface area contributed by atoms with Crippen LogP contribution in [0.2, 0.25) is 0 Å². The lowest BCUT2D eigenvalue weighted by Gasteiger charge is -2.14. The average molecular weight is 526 g/mol. The zero-order chi connectivity index (χ0) is 26.9. The van der Waals surface area contributed by atoms with E-state index in [2.05, 4.69) is 40.4 Å². The van der Waals surface area contributed by atoms with E-state index in [1.807, 2.05) is 54.6 Å². The van der Waals surface area contributed by atoms with E-state index >= 15 is 0 Å². The van der Waals surface area contributed by atoms with Gasteiger partial charge in [-0.2, -0.15) is 5.10 Å². The number of fused-ring (bicyclic) bond motifs is 2. The first-order valence-corrected chi connectivity index (χ1v) is 12.7. The van der Waals surface area contributed by atoms with E-state index in [1.54, 1.807) is 43.4 Å². The van der Waals surface area contributed by atoms with Crippen LogP contribution in [0.25, 0.3) is 55.8 Å². The lowest BCUT2D eigenvalue weighted by molar-refractivity contribution is 0.204. The van der Waals surface area contributed by atoms with E-state index in [-0.39, 0.29) is 0 Å². The third-order valence-electron chi connectivity index (χ3n) is 6.68. The van der Waals surface area contributed by atoms with Crippen molar-refractivity contribution < 1.29 is 5.11 Å². The molecule has 1 aromatic carbocycles. The first-order valence-electron chi connectivity index (χ1n) is 12.7. The number of rotatable bonds is 7. The number of benzene rings is 1. The van der Waals surface area contributed by atoms with Crippen LogP contribution in [-0.4, -0.2) is 51.4 Å². The van der Waals surface area contributed by atoms with Gasteiger partial charge in [0.1, 0.15) is 17.4 Å². The summed E-state index contributed by atoms with van der Waals surface area (Å²) in [6.07, 6.45) is 12.0. The van der Waals surface area contributed by atoms with Gasteiger partial charge in [0, 0.05) is 53.3 Å². The topological polar surface area (TPSA) is 141 Å². The number of aliphatic hydroxyl groups excluding tert-OH is 1. The molecule has 0 aliphatic carbocycles. The number of aromatic amines is 2. The second kappa shape index (κ2) is 10.0. The predicted octanol–water partition coefficient (Wildman–Crippen LogP) is 4.99. The minimum absolute atomic E-state index is 0.475. The molecule has 10 nitrogen and oxygen atoms in total. The Balaban J connectivity index is 1.21. The summed E-state index contributed by atoms with van der Waals surface area (Å²) in [7, 11) is 0. The molecule has 0 bridgehead atoms. The maximum atomic E-state index is 10.6. The number of pyridine rings is 4. The fourth-order valence-electron chi connectivity index (χ4n) is 4.77. The van der Waals surface area contributed by atoms with Gasteiger partial charge in [-0.05, 0) is 23.8 Å². The van der Waals surface area contributed by atoms with Crippen LogP contribution in [-0.2, 0) is 6.42 Å². The van der Waals surface area contributed by atoms with Crippen molar-refractivity contribution in [2.75, 3.05) is 5.32 Å². The van der Waals surface area contributed by atoms with Crippen LogP contribution in [0.15, 0.2) is 98.0 Å². The van der Waals surface area contributed by atoms with Crippen molar-refractivity contribution in [3.63, 3.8) is 0 Å². The molecular weight excluding hydrogens is 502 g/mol. The number of nitrogens with zero attached hydrogens (tertiary/aromatic N) is 6. The van der Waals surface area contributed by atoms with E-state index < -0.39 is 6.23 Å². The fourth-order valence-corrected chi connectivity index (χ4v) is 4.77. The summed E-state index contributed by atoms with van der Waals surface area (Å²) in [5.74, 6) is 0.620. The van der Waals surface area contributed by atoms with Crippen LogP contribution < -0.4 is 5.32 Å². The molecule has 0 fully saturated rings. The Morgan fingerprint density at radius 3 is 2.58 bits per heavy atom. The summed E-state index contributed by atoms with van der Waals surface area (Å²) >= 11 is 0. The maximum Gasteiger partial charge on any atom is 0.159 e. The number of anilines is 1. The van der Waals surface area contributed by atoms with Gasteiger partial charge in [0.2, 0.25) is 0 Å². The Labute approximate surface area is 228 Å². The number of nitrogens with one attached hydrogen (secondary N) is 3. The normalized spacial score (nSPS) is 12.1. The van der Waals surface area contributed by atoms with Crippen molar-refractivity contribution >= 4 is 27.6 Å². The molecule has 0 saturated heterocycles. The molecule has 40 heavy (non-hydrogen) atoms. The summed E-state index contributed by atoms with van der Waals surface area (Å²) in [6, 6.07) is 17.6. The number of hydrogen-bond donors (Lipinski definition) is 4. The third kappa shape index (κ3) is 4.52. The van der Waals surface area contributed by atoms with Crippen LogP contribution in [0, 0.1) is 0 Å². The summed E-state index contributed by atoms with van der Waals surface area (Å²) in [5, 5.41) is 22.1. The molecular formula is C30H23N9O. The molecule has 6 aromatic heterocycles. The maximum absolute atomic E-state index is 10.6. The Bertz CT molecular complexity index is 1930. The summed E-state index contributed by atoms with van der Waals surface area (Å²) < 4.78 is 0. The van der Waals surface area contributed by atoms with E-state index in [0.29, 0.717) is 23.6 Å². The van der Waals surface area contributed by atoms with Gasteiger partial charge in [-0.15, -0.1) is 0 Å². The molecule has 0 aliphatic heterocycles. The minimum atomic E-state index is -0.755. The second-order valence-electron chi connectivity index (χ2n) is 9.41. The lowest BCUT2D eigenvalue weighted by Crippen LogP contribution is -2.21. The third-order valence-corrected chi connectivity index (χ3v) is 6.68. The summed E-state index contributed by atoms with van der Waals surface area (Å²) in [4.78, 5) is 25.9. The zero-order valence-electron chi connectivity index (χ0n) is 21.2. The van der Waals surface area contributed by atoms with Crippen molar-refractivity contribution in [1.82, 2.24) is 40.1 Å². The molecule has 10 heteroatoms. The quantitative estimate of drug-likeness (QED) is 0.213. The zero-order valence-corrected chi connectivity index (χ0v) is 21.2. The molecule has 194 valence electrons. The van der Waals surface area contributed by atoms with Crippen LogP contribution in [0.1, 0.15) is 5.56 Å². The summed E-state index contributed by atoms with van der Waals surface area (Å²) in [5.41, 5.74) is 8.14. The van der Waals surface area contributed by atoms with Gasteiger partial charge in [0.15, 0.2) is 5.82 Å². The molecule has 0 radical (unpaired) electrons. The van der Waals surface area contributed by atoms with Crippen LogP contribution >= 0.6 is 0 Å². The molecule has 1 atom stereocenters. The predicted molar refractivity (Wildman–Crippen MR) is 153 cm³/mol. The molecule has 7 aromatic rings. The van der Waals surface area contributed by atoms with Crippen LogP contribution in [0.5, 0.6) is 0 Å². The average Bonchev–Trinajstić information content (AvgIpc) is 3.62. The SMILES string of the molecule is OC(Cc1ccccc1)Nc1cncc(-c2cc3c(-c4nc5c(-c6cccnc6)cncc5[nH]4)n[nH]c3cn2)c1. The van der Waals surface area contributed by atoms with Gasteiger partial charge in [-0.3, -0.25) is 25.0 Å². The number of imidazole rings is 1. The first kappa shape index (κ1) is 23.6. The largest absolute Gasteiger partial charge is 0.373 e. The van der Waals surface area contributed by atoms with Crippen LogP contribution in [0.3, 0.4) is 0 Å². The second-order valence-corrected chi connectivity index (χ2v) is 9.41. The Morgan fingerprint density at radius 1 is 0.825 bits per heavy atom. The number of hydrogen-bond acceptors (Lipinski definition) is 8. The Hall–Kier alpha value is -5.48. The molecule has 1 unspecified atom stereocenters. The minimum Gasteiger partial charge on any atom is -0.373 e. The molecule has 0 spiro atoms. The Morgan fingerprint density at radius 2 is 1.70 bits per heavy atom. The van der Waals surface area contributed by atoms with Crippen molar-refractivity contribution in [3.05, 3.63) is 104 Å². The van der Waals surface area contributed by atoms with Crippen molar-refractivity contribution in [2.24, 2.45) is 0 Å². The van der Waals surface area contributed by atoms with Gasteiger partial charge in [-0.25, -0.2) is 4.98 Å². The van der Waals surface area contributed by atoms with E-state index in [1.165, 1.54) is 0 Å². The number of H-pyrrole nitrogens is 2. The lowest BCUT2D eigenvalue weighted by atomic mass is 10.1.